The lowest BCUT2D eigenvalue weighted by Crippen LogP contribution is -2.40. The summed E-state index contributed by atoms with van der Waals surface area (Å²) in [5.41, 5.74) is 2.46. The summed E-state index contributed by atoms with van der Waals surface area (Å²) in [5.74, 6) is -1.56. The van der Waals surface area contributed by atoms with Crippen molar-refractivity contribution in [3.05, 3.63) is 83.2 Å². The molecule has 0 saturated carbocycles. The lowest BCUT2D eigenvalue weighted by atomic mass is 9.88. The van der Waals surface area contributed by atoms with Crippen LogP contribution in [-0.4, -0.2) is 63.6 Å². The van der Waals surface area contributed by atoms with Crippen LogP contribution in [0.2, 0.25) is 0 Å². The largest absolute Gasteiger partial charge is 0.455 e. The van der Waals surface area contributed by atoms with Gasteiger partial charge in [-0.1, -0.05) is 0 Å². The number of hydrogen-bond donors (Lipinski definition) is 1. The number of piperidine rings is 1. The Morgan fingerprint density at radius 3 is 2.48 bits per heavy atom. The number of furan rings is 1. The van der Waals surface area contributed by atoms with Crippen molar-refractivity contribution in [3.8, 4) is 11.3 Å². The van der Waals surface area contributed by atoms with Crippen molar-refractivity contribution in [1.82, 2.24) is 15.2 Å². The smallest absolute Gasteiger partial charge is 0.255 e. The van der Waals surface area contributed by atoms with Crippen molar-refractivity contribution in [2.45, 2.75) is 25.2 Å². The Kier molecular flexibility index (Phi) is 8.00. The number of halogens is 2. The monoisotopic (exact) mass is 596 g/mol. The molecule has 1 N–H and O–H groups in total. The maximum atomic E-state index is 13.7. The normalized spacial score (nSPS) is 15.5. The first-order valence-corrected chi connectivity index (χ1v) is 15.2. The topological polar surface area (TPSA) is 113 Å². The van der Waals surface area contributed by atoms with E-state index >= 15 is 0 Å². The molecule has 1 unspecified atom stereocenters. The molecule has 1 atom stereocenters. The molecule has 1 fully saturated rings. The highest BCUT2D eigenvalue weighted by Gasteiger charge is 2.31. The van der Waals surface area contributed by atoms with Crippen molar-refractivity contribution in [2.24, 2.45) is 0 Å². The van der Waals surface area contributed by atoms with Crippen LogP contribution in [0.25, 0.3) is 22.3 Å². The minimum atomic E-state index is -3.69. The van der Waals surface area contributed by atoms with E-state index in [0.717, 1.165) is 16.8 Å². The zero-order valence-electron chi connectivity index (χ0n) is 23.4. The molecule has 1 saturated heterocycles. The molecule has 42 heavy (non-hydrogen) atoms. The number of aromatic nitrogens is 1. The Labute approximate surface area is 242 Å². The summed E-state index contributed by atoms with van der Waals surface area (Å²) < 4.78 is 59.6. The minimum Gasteiger partial charge on any atom is -0.455 e. The van der Waals surface area contributed by atoms with Crippen LogP contribution in [-0.2, 0) is 21.2 Å². The fourth-order valence-corrected chi connectivity index (χ4v) is 5.83. The highest BCUT2D eigenvalue weighted by atomic mass is 32.2. The zero-order valence-corrected chi connectivity index (χ0v) is 24.2. The second-order valence-corrected chi connectivity index (χ2v) is 12.4. The number of hydrogen-bond acceptors (Lipinski definition) is 6. The lowest BCUT2D eigenvalue weighted by Gasteiger charge is -2.35. The SMILES string of the molecule is CNC(=O)c1c(-c2ccc(F)cc2)oc2cc(N(C)S(C)(=O)=O)c(C3CCCN(C(=O)Cc4ccc(F)cn4)C3)cc12. The van der Waals surface area contributed by atoms with Crippen LogP contribution >= 0.6 is 0 Å². The summed E-state index contributed by atoms with van der Waals surface area (Å²) in [6.07, 6.45) is 3.51. The summed E-state index contributed by atoms with van der Waals surface area (Å²) in [6.45, 7) is 0.827. The number of likely N-dealkylation sites (tertiary alicyclic amines) is 1. The maximum Gasteiger partial charge on any atom is 0.255 e. The predicted octanol–water partition coefficient (Wildman–Crippen LogP) is 4.48. The molecular formula is C30H30F2N4O5S. The molecule has 12 heteroatoms. The van der Waals surface area contributed by atoms with Gasteiger partial charge < -0.3 is 14.6 Å². The van der Waals surface area contributed by atoms with Gasteiger partial charge in [-0.05, 0) is 60.9 Å². The number of sulfonamides is 1. The van der Waals surface area contributed by atoms with Crippen LogP contribution in [0.1, 0.15) is 40.4 Å². The van der Waals surface area contributed by atoms with Gasteiger partial charge >= 0.3 is 0 Å². The van der Waals surface area contributed by atoms with Crippen LogP contribution in [0.4, 0.5) is 14.5 Å². The van der Waals surface area contributed by atoms with Gasteiger partial charge in [0.2, 0.25) is 15.9 Å². The van der Waals surface area contributed by atoms with Crippen LogP contribution in [0, 0.1) is 11.6 Å². The van der Waals surface area contributed by atoms with E-state index in [0.29, 0.717) is 53.8 Å². The Balaban J connectivity index is 1.60. The van der Waals surface area contributed by atoms with Gasteiger partial charge in [0, 0.05) is 55.8 Å². The van der Waals surface area contributed by atoms with E-state index in [9.17, 15) is 26.8 Å². The quantitative estimate of drug-likeness (QED) is 0.337. The van der Waals surface area contributed by atoms with Gasteiger partial charge in [-0.25, -0.2) is 17.2 Å². The third kappa shape index (κ3) is 5.85. The number of carbonyl (C=O) groups excluding carboxylic acids is 2. The highest BCUT2D eigenvalue weighted by molar-refractivity contribution is 7.92. The average Bonchev–Trinajstić information content (AvgIpc) is 3.35. The summed E-state index contributed by atoms with van der Waals surface area (Å²) in [5, 5.41) is 3.09. The van der Waals surface area contributed by atoms with E-state index in [1.807, 2.05) is 0 Å². The summed E-state index contributed by atoms with van der Waals surface area (Å²) >= 11 is 0. The van der Waals surface area contributed by atoms with Crippen molar-refractivity contribution in [2.75, 3.05) is 37.7 Å². The van der Waals surface area contributed by atoms with Gasteiger partial charge in [0.05, 0.1) is 30.1 Å². The predicted molar refractivity (Wildman–Crippen MR) is 155 cm³/mol. The van der Waals surface area contributed by atoms with Gasteiger partial charge in [0.25, 0.3) is 5.91 Å². The summed E-state index contributed by atoms with van der Waals surface area (Å²) in [4.78, 5) is 32.0. The van der Waals surface area contributed by atoms with Crippen molar-refractivity contribution < 1.29 is 31.2 Å². The minimum absolute atomic E-state index is 0.00567. The van der Waals surface area contributed by atoms with Crippen LogP contribution in [0.3, 0.4) is 0 Å². The zero-order chi connectivity index (χ0) is 30.2. The molecule has 2 aromatic heterocycles. The molecule has 220 valence electrons. The van der Waals surface area contributed by atoms with Crippen molar-refractivity contribution >= 4 is 38.5 Å². The molecule has 0 aliphatic carbocycles. The van der Waals surface area contributed by atoms with Crippen LogP contribution < -0.4 is 9.62 Å². The molecule has 2 aromatic carbocycles. The third-order valence-electron chi connectivity index (χ3n) is 7.57. The third-order valence-corrected chi connectivity index (χ3v) is 8.76. The van der Waals surface area contributed by atoms with E-state index in [4.69, 9.17) is 4.42 Å². The molecule has 4 aromatic rings. The maximum absolute atomic E-state index is 13.7. The number of benzene rings is 2. The molecular weight excluding hydrogens is 566 g/mol. The van der Waals surface area contributed by atoms with Gasteiger partial charge in [0.1, 0.15) is 23.0 Å². The van der Waals surface area contributed by atoms with Gasteiger partial charge in [-0.2, -0.15) is 0 Å². The molecule has 9 nitrogen and oxygen atoms in total. The Hall–Kier alpha value is -4.32. The average molecular weight is 597 g/mol. The van der Waals surface area contributed by atoms with Gasteiger partial charge in [-0.15, -0.1) is 0 Å². The number of nitrogens with one attached hydrogen (secondary N) is 1. The van der Waals surface area contributed by atoms with Crippen LogP contribution in [0.15, 0.2) is 59.1 Å². The van der Waals surface area contributed by atoms with E-state index in [-0.39, 0.29) is 35.2 Å². The number of amides is 2. The number of fused-ring (bicyclic) bond motifs is 1. The van der Waals surface area contributed by atoms with Crippen LogP contribution in [0.5, 0.6) is 0 Å². The number of carbonyl (C=O) groups is 2. The van der Waals surface area contributed by atoms with Gasteiger partial charge in [0.15, 0.2) is 0 Å². The fourth-order valence-electron chi connectivity index (χ4n) is 5.32. The summed E-state index contributed by atoms with van der Waals surface area (Å²) in [7, 11) is -0.761. The second-order valence-electron chi connectivity index (χ2n) is 10.4. The lowest BCUT2D eigenvalue weighted by molar-refractivity contribution is -0.131. The van der Waals surface area contributed by atoms with E-state index in [1.54, 1.807) is 17.0 Å². The molecule has 5 rings (SSSR count). The molecule has 0 spiro atoms. The molecule has 3 heterocycles. The molecule has 0 bridgehead atoms. The number of rotatable bonds is 7. The molecule has 1 aliphatic rings. The number of pyridine rings is 1. The first-order chi connectivity index (χ1) is 20.0. The standard InChI is InChI=1S/C30H30F2N4O5S/c1-33-30(38)28-24-14-23(19-5-4-12-36(17-19)27(37)13-22-11-10-21(32)16-34-22)25(35(2)42(3,39)40)15-26(24)41-29(28)18-6-8-20(31)9-7-18/h6-11,14-16,19H,4-5,12-13,17H2,1-3H3,(H,33,38). The fraction of sp³-hybridized carbons (Fsp3) is 0.300. The summed E-state index contributed by atoms with van der Waals surface area (Å²) in [6, 6.07) is 11.6. The molecule has 2 amide bonds. The van der Waals surface area contributed by atoms with E-state index in [2.05, 4.69) is 10.3 Å². The first kappa shape index (κ1) is 29.2. The Bertz CT molecular complexity index is 1760. The van der Waals surface area contributed by atoms with Gasteiger partial charge in [-0.3, -0.25) is 18.9 Å². The second kappa shape index (κ2) is 11.5. The number of nitrogens with zero attached hydrogens (tertiary/aromatic N) is 3. The first-order valence-electron chi connectivity index (χ1n) is 13.4. The Morgan fingerprint density at radius 2 is 1.83 bits per heavy atom. The molecule has 0 radical (unpaired) electrons. The van der Waals surface area contributed by atoms with E-state index < -0.39 is 27.6 Å². The molecule has 1 aliphatic heterocycles. The van der Waals surface area contributed by atoms with E-state index in [1.165, 1.54) is 50.5 Å². The number of anilines is 1. The van der Waals surface area contributed by atoms with Crippen molar-refractivity contribution in [1.29, 1.82) is 0 Å². The Morgan fingerprint density at radius 1 is 1.12 bits per heavy atom. The van der Waals surface area contributed by atoms with Crippen molar-refractivity contribution in [3.63, 3.8) is 0 Å². The highest BCUT2D eigenvalue weighted by Crippen LogP contribution is 2.42.